The van der Waals surface area contributed by atoms with Crippen molar-refractivity contribution in [3.05, 3.63) is 30.5 Å². The summed E-state index contributed by atoms with van der Waals surface area (Å²) in [6.45, 7) is 0.275. The molecule has 0 aliphatic rings. The molecule has 0 aromatic carbocycles. The van der Waals surface area contributed by atoms with Crippen LogP contribution in [0.5, 0.6) is 5.88 Å². The van der Waals surface area contributed by atoms with Crippen LogP contribution < -0.4 is 10.5 Å². The van der Waals surface area contributed by atoms with E-state index in [9.17, 15) is 0 Å². The Morgan fingerprint density at radius 3 is 3.18 bits per heavy atom. The molecule has 3 aromatic heterocycles. The Hall–Kier alpha value is -2.57. The van der Waals surface area contributed by atoms with Crippen molar-refractivity contribution in [1.82, 2.24) is 19.9 Å². The molecule has 0 aliphatic carbocycles. The van der Waals surface area contributed by atoms with Gasteiger partial charge in [-0.25, -0.2) is 4.98 Å². The lowest BCUT2D eigenvalue weighted by Crippen LogP contribution is -2.01. The minimum absolute atomic E-state index is 0.124. The van der Waals surface area contributed by atoms with Crippen molar-refractivity contribution in [2.75, 3.05) is 5.73 Å². The Morgan fingerprint density at radius 1 is 1.41 bits per heavy atom. The fraction of sp³-hybridized carbons (Fsp3) is 0.100. The number of rotatable bonds is 3. The zero-order valence-electron chi connectivity index (χ0n) is 8.75. The van der Waals surface area contributed by atoms with Gasteiger partial charge in [0.05, 0.1) is 12.6 Å². The molecular formula is C10H9N5O2. The number of imidazole rings is 1. The predicted molar refractivity (Wildman–Crippen MR) is 59.1 cm³/mol. The summed E-state index contributed by atoms with van der Waals surface area (Å²) in [5, 5.41) is 0. The fourth-order valence-corrected chi connectivity index (χ4v) is 1.46. The van der Waals surface area contributed by atoms with E-state index >= 15 is 0 Å². The molecule has 0 saturated heterocycles. The third-order valence-corrected chi connectivity index (χ3v) is 2.20. The molecule has 17 heavy (non-hydrogen) atoms. The second-order valence-corrected chi connectivity index (χ2v) is 3.36. The van der Waals surface area contributed by atoms with Crippen LogP contribution in [0.2, 0.25) is 0 Å². The number of fused-ring (bicyclic) bond motifs is 1. The van der Waals surface area contributed by atoms with E-state index in [0.717, 1.165) is 0 Å². The molecule has 3 N–H and O–H groups in total. The first kappa shape index (κ1) is 9.64. The van der Waals surface area contributed by atoms with E-state index in [0.29, 0.717) is 22.8 Å². The zero-order chi connectivity index (χ0) is 11.7. The highest BCUT2D eigenvalue weighted by Gasteiger charge is 2.10. The average Bonchev–Trinajstić information content (AvgIpc) is 2.95. The predicted octanol–water partition coefficient (Wildman–Crippen LogP) is 1.11. The van der Waals surface area contributed by atoms with Crippen molar-refractivity contribution in [1.29, 1.82) is 0 Å². The Labute approximate surface area is 95.7 Å². The number of H-pyrrole nitrogens is 1. The number of anilines is 1. The SMILES string of the molecule is Nc1nc(OCc2ccco2)c2[nH]cnc2n1. The van der Waals surface area contributed by atoms with Crippen LogP contribution in [0.1, 0.15) is 5.76 Å². The van der Waals surface area contributed by atoms with Crippen LogP contribution in [0.25, 0.3) is 11.2 Å². The van der Waals surface area contributed by atoms with Gasteiger partial charge in [-0.3, -0.25) is 0 Å². The number of ether oxygens (including phenoxy) is 1. The topological polar surface area (TPSA) is 103 Å². The lowest BCUT2D eigenvalue weighted by atomic mass is 10.5. The van der Waals surface area contributed by atoms with Crippen LogP contribution >= 0.6 is 0 Å². The van der Waals surface area contributed by atoms with Gasteiger partial charge >= 0.3 is 0 Å². The number of aromatic amines is 1. The average molecular weight is 231 g/mol. The second-order valence-electron chi connectivity index (χ2n) is 3.36. The first-order valence-electron chi connectivity index (χ1n) is 4.95. The number of hydrogen-bond acceptors (Lipinski definition) is 6. The third kappa shape index (κ3) is 1.78. The van der Waals surface area contributed by atoms with Crippen molar-refractivity contribution >= 4 is 17.1 Å². The van der Waals surface area contributed by atoms with E-state index in [-0.39, 0.29) is 12.6 Å². The highest BCUT2D eigenvalue weighted by Crippen LogP contribution is 2.20. The highest BCUT2D eigenvalue weighted by molar-refractivity contribution is 5.76. The van der Waals surface area contributed by atoms with Crippen molar-refractivity contribution in [3.63, 3.8) is 0 Å². The molecule has 3 heterocycles. The molecule has 0 saturated carbocycles. The molecule has 0 aliphatic heterocycles. The van der Waals surface area contributed by atoms with Gasteiger partial charge in [0.25, 0.3) is 0 Å². The summed E-state index contributed by atoms with van der Waals surface area (Å²) in [6, 6.07) is 3.60. The molecule has 0 spiro atoms. The summed E-state index contributed by atoms with van der Waals surface area (Å²) in [6.07, 6.45) is 3.09. The normalized spacial score (nSPS) is 10.8. The van der Waals surface area contributed by atoms with E-state index in [1.54, 1.807) is 12.3 Å². The van der Waals surface area contributed by atoms with Crippen LogP contribution in [0.4, 0.5) is 5.95 Å². The van der Waals surface area contributed by atoms with Crippen molar-refractivity contribution in [2.45, 2.75) is 6.61 Å². The van der Waals surface area contributed by atoms with E-state index in [4.69, 9.17) is 14.9 Å². The second kappa shape index (κ2) is 3.78. The standard InChI is InChI=1S/C10H9N5O2/c11-10-14-8-7(12-5-13-8)9(15-10)17-4-6-2-1-3-16-6/h1-3,5H,4H2,(H3,11,12,13,14,15). The molecule has 7 nitrogen and oxygen atoms in total. The Bertz CT molecular complexity index is 631. The Balaban J connectivity index is 1.91. The van der Waals surface area contributed by atoms with Crippen LogP contribution in [-0.4, -0.2) is 19.9 Å². The molecule has 0 fully saturated rings. The largest absolute Gasteiger partial charge is 0.468 e. The van der Waals surface area contributed by atoms with Gasteiger partial charge in [-0.2, -0.15) is 9.97 Å². The number of aromatic nitrogens is 4. The fourth-order valence-electron chi connectivity index (χ4n) is 1.46. The smallest absolute Gasteiger partial charge is 0.245 e. The molecule has 0 atom stereocenters. The van der Waals surface area contributed by atoms with Gasteiger partial charge in [-0.1, -0.05) is 0 Å². The molecule has 0 bridgehead atoms. The summed E-state index contributed by atoms with van der Waals surface area (Å²) in [4.78, 5) is 14.9. The summed E-state index contributed by atoms with van der Waals surface area (Å²) in [7, 11) is 0. The highest BCUT2D eigenvalue weighted by atomic mass is 16.5. The van der Waals surface area contributed by atoms with Gasteiger partial charge in [0.1, 0.15) is 17.9 Å². The van der Waals surface area contributed by atoms with Crippen LogP contribution in [-0.2, 0) is 6.61 Å². The number of furan rings is 1. The van der Waals surface area contributed by atoms with Crippen molar-refractivity contribution < 1.29 is 9.15 Å². The molecule has 0 unspecified atom stereocenters. The molecule has 7 heteroatoms. The van der Waals surface area contributed by atoms with Crippen LogP contribution in [0.15, 0.2) is 29.1 Å². The van der Waals surface area contributed by atoms with Crippen molar-refractivity contribution in [3.8, 4) is 5.88 Å². The minimum Gasteiger partial charge on any atom is -0.468 e. The van der Waals surface area contributed by atoms with E-state index in [1.807, 2.05) is 6.07 Å². The molecule has 86 valence electrons. The van der Waals surface area contributed by atoms with E-state index in [1.165, 1.54) is 6.33 Å². The number of nitrogens with zero attached hydrogens (tertiary/aromatic N) is 3. The van der Waals surface area contributed by atoms with Gasteiger partial charge in [0.2, 0.25) is 11.8 Å². The number of nitrogens with two attached hydrogens (primary N) is 1. The number of nitrogen functional groups attached to an aromatic ring is 1. The van der Waals surface area contributed by atoms with Gasteiger partial charge in [0, 0.05) is 0 Å². The van der Waals surface area contributed by atoms with Crippen LogP contribution in [0.3, 0.4) is 0 Å². The van der Waals surface area contributed by atoms with Gasteiger partial charge in [0.15, 0.2) is 5.65 Å². The Kier molecular flexibility index (Phi) is 2.14. The third-order valence-electron chi connectivity index (χ3n) is 2.20. The summed E-state index contributed by atoms with van der Waals surface area (Å²) in [5.41, 5.74) is 6.65. The minimum atomic E-state index is 0.124. The first-order valence-corrected chi connectivity index (χ1v) is 4.95. The quantitative estimate of drug-likeness (QED) is 0.699. The number of nitrogens with one attached hydrogen (secondary N) is 1. The molecule has 3 rings (SSSR count). The molecule has 0 amide bonds. The number of hydrogen-bond donors (Lipinski definition) is 2. The van der Waals surface area contributed by atoms with Gasteiger partial charge in [-0.15, -0.1) is 0 Å². The lowest BCUT2D eigenvalue weighted by Gasteiger charge is -2.04. The summed E-state index contributed by atoms with van der Waals surface area (Å²) < 4.78 is 10.7. The molecule has 0 radical (unpaired) electrons. The van der Waals surface area contributed by atoms with Crippen LogP contribution in [0, 0.1) is 0 Å². The summed E-state index contributed by atoms with van der Waals surface area (Å²) >= 11 is 0. The molecular weight excluding hydrogens is 222 g/mol. The van der Waals surface area contributed by atoms with Crippen molar-refractivity contribution in [2.24, 2.45) is 0 Å². The maximum absolute atomic E-state index is 5.55. The summed E-state index contributed by atoms with van der Waals surface area (Å²) in [5.74, 6) is 1.19. The first-order chi connectivity index (χ1) is 8.33. The van der Waals surface area contributed by atoms with Gasteiger partial charge < -0.3 is 19.9 Å². The van der Waals surface area contributed by atoms with Gasteiger partial charge in [-0.05, 0) is 12.1 Å². The molecule has 3 aromatic rings. The Morgan fingerprint density at radius 2 is 2.35 bits per heavy atom. The van der Waals surface area contributed by atoms with E-state index < -0.39 is 0 Å². The lowest BCUT2D eigenvalue weighted by molar-refractivity contribution is 0.263. The maximum Gasteiger partial charge on any atom is 0.245 e. The zero-order valence-corrected chi connectivity index (χ0v) is 8.75. The monoisotopic (exact) mass is 231 g/mol. The van der Waals surface area contributed by atoms with E-state index in [2.05, 4.69) is 19.9 Å². The maximum atomic E-state index is 5.55.